The molecule has 0 heterocycles. The Balaban J connectivity index is 1.84. The Morgan fingerprint density at radius 3 is 2.40 bits per heavy atom. The minimum absolute atomic E-state index is 0.0630. The van der Waals surface area contributed by atoms with Gasteiger partial charge in [-0.25, -0.2) is 4.39 Å². The third-order valence-corrected chi connectivity index (χ3v) is 4.63. The molecular formula is C15H14F4O. The molecule has 0 radical (unpaired) electrons. The van der Waals surface area contributed by atoms with Crippen molar-refractivity contribution in [1.29, 1.82) is 0 Å². The van der Waals surface area contributed by atoms with Gasteiger partial charge in [0.2, 0.25) is 0 Å². The lowest BCUT2D eigenvalue weighted by atomic mass is 9.83. The molecule has 1 aromatic carbocycles. The van der Waals surface area contributed by atoms with Gasteiger partial charge in [0, 0.05) is 11.5 Å². The molecule has 1 aromatic rings. The molecular weight excluding hydrogens is 272 g/mol. The average molecular weight is 286 g/mol. The molecule has 108 valence electrons. The highest BCUT2D eigenvalue weighted by atomic mass is 19.4. The SMILES string of the molecule is O=C(c1ccc(C(F)(F)F)c(F)c1)C1CC2CCC1C2. The van der Waals surface area contributed by atoms with Gasteiger partial charge in [0.25, 0.3) is 0 Å². The van der Waals surface area contributed by atoms with Gasteiger partial charge in [-0.1, -0.05) is 12.5 Å². The van der Waals surface area contributed by atoms with Crippen LogP contribution < -0.4 is 0 Å². The molecule has 2 saturated carbocycles. The van der Waals surface area contributed by atoms with E-state index >= 15 is 0 Å². The molecule has 3 rings (SSSR count). The lowest BCUT2D eigenvalue weighted by Crippen LogP contribution is -2.21. The van der Waals surface area contributed by atoms with Gasteiger partial charge in [-0.05, 0) is 43.2 Å². The van der Waals surface area contributed by atoms with Gasteiger partial charge in [-0.15, -0.1) is 0 Å². The quantitative estimate of drug-likeness (QED) is 0.579. The van der Waals surface area contributed by atoms with Crippen molar-refractivity contribution < 1.29 is 22.4 Å². The molecule has 1 nitrogen and oxygen atoms in total. The van der Waals surface area contributed by atoms with Gasteiger partial charge in [-0.3, -0.25) is 4.79 Å². The number of rotatable bonds is 2. The van der Waals surface area contributed by atoms with Gasteiger partial charge >= 0.3 is 6.18 Å². The van der Waals surface area contributed by atoms with E-state index in [2.05, 4.69) is 0 Å². The second-order valence-corrected chi connectivity index (χ2v) is 5.84. The molecule has 2 fully saturated rings. The zero-order valence-corrected chi connectivity index (χ0v) is 10.7. The number of carbonyl (C=O) groups is 1. The van der Waals surface area contributed by atoms with Crippen LogP contribution in [0.15, 0.2) is 18.2 Å². The molecule has 2 aliphatic carbocycles. The van der Waals surface area contributed by atoms with E-state index in [4.69, 9.17) is 0 Å². The van der Waals surface area contributed by atoms with Crippen LogP contribution in [-0.2, 0) is 6.18 Å². The predicted octanol–water partition coefficient (Wildman–Crippen LogP) is 4.46. The second-order valence-electron chi connectivity index (χ2n) is 5.84. The van der Waals surface area contributed by atoms with Crippen LogP contribution in [0.2, 0.25) is 0 Å². The zero-order chi connectivity index (χ0) is 14.5. The van der Waals surface area contributed by atoms with Crippen LogP contribution in [-0.4, -0.2) is 5.78 Å². The average Bonchev–Trinajstić information content (AvgIpc) is 2.98. The predicted molar refractivity (Wildman–Crippen MR) is 64.7 cm³/mol. The first-order valence-electron chi connectivity index (χ1n) is 6.77. The largest absolute Gasteiger partial charge is 0.419 e. The van der Waals surface area contributed by atoms with Crippen LogP contribution in [0.5, 0.6) is 0 Å². The molecule has 0 amide bonds. The van der Waals surface area contributed by atoms with E-state index in [0.717, 1.165) is 37.8 Å². The minimum atomic E-state index is -4.72. The van der Waals surface area contributed by atoms with Gasteiger partial charge < -0.3 is 0 Å². The number of hydrogen-bond acceptors (Lipinski definition) is 1. The number of Topliss-reactive ketones (excluding diaryl/α,β-unsaturated/α-hetero) is 1. The molecule has 20 heavy (non-hydrogen) atoms. The van der Waals surface area contributed by atoms with Crippen molar-refractivity contribution in [3.8, 4) is 0 Å². The molecule has 0 aliphatic heterocycles. The van der Waals surface area contributed by atoms with E-state index in [9.17, 15) is 22.4 Å². The van der Waals surface area contributed by atoms with E-state index in [1.165, 1.54) is 0 Å². The molecule has 0 spiro atoms. The van der Waals surface area contributed by atoms with Crippen molar-refractivity contribution in [2.75, 3.05) is 0 Å². The highest BCUT2D eigenvalue weighted by Gasteiger charge is 2.43. The molecule has 5 heteroatoms. The smallest absolute Gasteiger partial charge is 0.294 e. The number of ketones is 1. The summed E-state index contributed by atoms with van der Waals surface area (Å²) in [5.74, 6) is -0.813. The summed E-state index contributed by atoms with van der Waals surface area (Å²) in [7, 11) is 0. The number of fused-ring (bicyclic) bond motifs is 2. The van der Waals surface area contributed by atoms with E-state index < -0.39 is 17.6 Å². The number of halogens is 4. The van der Waals surface area contributed by atoms with Crippen molar-refractivity contribution >= 4 is 5.78 Å². The third kappa shape index (κ3) is 2.23. The summed E-state index contributed by atoms with van der Waals surface area (Å²) in [6.07, 6.45) is -0.760. The Hall–Kier alpha value is -1.39. The summed E-state index contributed by atoms with van der Waals surface area (Å²) in [5, 5.41) is 0. The first-order chi connectivity index (χ1) is 9.36. The topological polar surface area (TPSA) is 17.1 Å². The fourth-order valence-electron chi connectivity index (χ4n) is 3.68. The Kier molecular flexibility index (Phi) is 3.10. The van der Waals surface area contributed by atoms with Gasteiger partial charge in [-0.2, -0.15) is 13.2 Å². The van der Waals surface area contributed by atoms with Crippen molar-refractivity contribution in [3.63, 3.8) is 0 Å². The number of hydrogen-bond donors (Lipinski definition) is 0. The Morgan fingerprint density at radius 2 is 1.90 bits per heavy atom. The third-order valence-electron chi connectivity index (χ3n) is 4.63. The lowest BCUT2D eigenvalue weighted by molar-refractivity contribution is -0.140. The van der Waals surface area contributed by atoms with Crippen LogP contribution in [0.3, 0.4) is 0 Å². The summed E-state index contributed by atoms with van der Waals surface area (Å²) < 4.78 is 50.9. The van der Waals surface area contributed by atoms with E-state index in [0.29, 0.717) is 17.9 Å². The highest BCUT2D eigenvalue weighted by molar-refractivity contribution is 5.98. The lowest BCUT2D eigenvalue weighted by Gasteiger charge is -2.20. The summed E-state index contributed by atoms with van der Waals surface area (Å²) in [6.45, 7) is 0. The Morgan fingerprint density at radius 1 is 1.15 bits per heavy atom. The van der Waals surface area contributed by atoms with Crippen LogP contribution in [0.4, 0.5) is 17.6 Å². The molecule has 3 unspecified atom stereocenters. The van der Waals surface area contributed by atoms with Crippen molar-refractivity contribution in [2.24, 2.45) is 17.8 Å². The molecule has 0 saturated heterocycles. The van der Waals surface area contributed by atoms with Crippen LogP contribution in [0, 0.1) is 23.6 Å². The zero-order valence-electron chi connectivity index (χ0n) is 10.7. The molecule has 2 bridgehead atoms. The van der Waals surface area contributed by atoms with Crippen LogP contribution in [0.25, 0.3) is 0 Å². The van der Waals surface area contributed by atoms with Crippen molar-refractivity contribution in [3.05, 3.63) is 35.1 Å². The normalized spacial score (nSPS) is 28.9. The summed E-state index contributed by atoms with van der Waals surface area (Å²) in [4.78, 5) is 12.3. The van der Waals surface area contributed by atoms with Crippen LogP contribution in [0.1, 0.15) is 41.6 Å². The maximum atomic E-state index is 13.5. The van der Waals surface area contributed by atoms with Crippen LogP contribution >= 0.6 is 0 Å². The highest BCUT2D eigenvalue weighted by Crippen LogP contribution is 2.49. The molecule has 2 aliphatic rings. The van der Waals surface area contributed by atoms with E-state index in [-0.39, 0.29) is 17.3 Å². The van der Waals surface area contributed by atoms with Gasteiger partial charge in [0.05, 0.1) is 5.56 Å². The maximum absolute atomic E-state index is 13.5. The summed E-state index contributed by atoms with van der Waals surface area (Å²) >= 11 is 0. The van der Waals surface area contributed by atoms with Gasteiger partial charge in [0.15, 0.2) is 5.78 Å². The Labute approximate surface area is 114 Å². The fourth-order valence-corrected chi connectivity index (χ4v) is 3.68. The monoisotopic (exact) mass is 286 g/mol. The first kappa shape index (κ1) is 13.6. The number of benzene rings is 1. The fraction of sp³-hybridized carbons (Fsp3) is 0.533. The number of alkyl halides is 3. The first-order valence-corrected chi connectivity index (χ1v) is 6.77. The van der Waals surface area contributed by atoms with E-state index in [1.807, 2.05) is 0 Å². The van der Waals surface area contributed by atoms with Gasteiger partial charge in [0.1, 0.15) is 5.82 Å². The van der Waals surface area contributed by atoms with E-state index in [1.54, 1.807) is 0 Å². The maximum Gasteiger partial charge on any atom is 0.419 e. The minimum Gasteiger partial charge on any atom is -0.294 e. The summed E-state index contributed by atoms with van der Waals surface area (Å²) in [5.41, 5.74) is -1.25. The Bertz CT molecular complexity index is 549. The molecule has 3 atom stereocenters. The molecule has 0 aromatic heterocycles. The number of carbonyl (C=O) groups excluding carboxylic acids is 1. The van der Waals surface area contributed by atoms with Crippen molar-refractivity contribution in [1.82, 2.24) is 0 Å². The second kappa shape index (κ2) is 4.57. The molecule has 0 N–H and O–H groups in total. The van der Waals surface area contributed by atoms with Crippen molar-refractivity contribution in [2.45, 2.75) is 31.9 Å². The summed E-state index contributed by atoms with van der Waals surface area (Å²) in [6, 6.07) is 2.49. The standard InChI is InChI=1S/C15H14F4O/c16-13-7-10(3-4-12(13)15(17,18)19)14(20)11-6-8-1-2-9(11)5-8/h3-4,7-9,11H,1-2,5-6H2.